The van der Waals surface area contributed by atoms with Crippen molar-refractivity contribution in [1.82, 2.24) is 40.3 Å². The van der Waals surface area contributed by atoms with E-state index in [9.17, 15) is 31.5 Å². The highest BCUT2D eigenvalue weighted by Gasteiger charge is 2.62. The van der Waals surface area contributed by atoms with Crippen LogP contribution in [0.5, 0.6) is 0 Å². The number of rotatable bonds is 8. The predicted molar refractivity (Wildman–Crippen MR) is 148 cm³/mol. The Balaban J connectivity index is 1.73. The van der Waals surface area contributed by atoms with Crippen LogP contribution in [0.15, 0.2) is 36.5 Å². The Morgan fingerprint density at radius 3 is 2.45 bits per heavy atom. The van der Waals surface area contributed by atoms with Crippen LogP contribution < -0.4 is 10.6 Å². The van der Waals surface area contributed by atoms with Gasteiger partial charge in [0.25, 0.3) is 17.6 Å². The molecular formula is C24H20ClF5IN9O2. The van der Waals surface area contributed by atoms with E-state index in [1.807, 2.05) is 22.6 Å². The Labute approximate surface area is 253 Å². The van der Waals surface area contributed by atoms with Crippen LogP contribution in [0.25, 0.3) is 5.82 Å². The lowest BCUT2D eigenvalue weighted by molar-refractivity contribution is -0.292. The molecule has 0 spiro atoms. The molecule has 3 heterocycles. The van der Waals surface area contributed by atoms with Crippen molar-refractivity contribution >= 4 is 51.7 Å². The zero-order valence-electron chi connectivity index (χ0n) is 21.8. The van der Waals surface area contributed by atoms with Crippen molar-refractivity contribution in [2.45, 2.75) is 45.5 Å². The molecule has 2 amide bonds. The monoisotopic (exact) mass is 723 g/mol. The Hall–Kier alpha value is -3.74. The molecule has 4 rings (SSSR count). The van der Waals surface area contributed by atoms with E-state index in [1.165, 1.54) is 24.4 Å². The summed E-state index contributed by atoms with van der Waals surface area (Å²) in [5.74, 6) is -8.34. The number of tetrazole rings is 1. The first-order valence-corrected chi connectivity index (χ1v) is 13.4. The smallest absolute Gasteiger partial charge is 0.350 e. The molecule has 0 aliphatic carbocycles. The topological polar surface area (TPSA) is 133 Å². The molecule has 0 atom stereocenters. The Bertz CT molecular complexity index is 1660. The number of alkyl halides is 5. The van der Waals surface area contributed by atoms with E-state index in [2.05, 4.69) is 36.1 Å². The lowest BCUT2D eigenvalue weighted by Crippen LogP contribution is -2.35. The summed E-state index contributed by atoms with van der Waals surface area (Å²) < 4.78 is 67.3. The normalized spacial score (nSPS) is 12.1. The number of benzene rings is 1. The fraction of sp³-hybridized carbons (Fsp3) is 0.292. The standard InChI is InChI=1S/C24H20ClF5IN9O2/c1-11(2)33-20(41)15-8-13(31)7-12(3)18(15)34-21(42)17-9-14(36-40(17)19-16(25)5-4-6-32-19)10-39-37-22(35-38-39)23(26,27)24(28,29)30/h4-9,11H,10H2,1-3H3,(H,33,41)(H,34,42). The molecule has 4 aromatic rings. The molecule has 0 radical (unpaired) electrons. The van der Waals surface area contributed by atoms with E-state index in [-0.39, 0.29) is 39.5 Å². The van der Waals surface area contributed by atoms with E-state index in [0.29, 0.717) is 10.4 Å². The minimum absolute atomic E-state index is 0.0171. The summed E-state index contributed by atoms with van der Waals surface area (Å²) in [4.78, 5) is 31.1. The number of pyridine rings is 1. The average molecular weight is 724 g/mol. The number of nitrogens with zero attached hydrogens (tertiary/aromatic N) is 7. The van der Waals surface area contributed by atoms with Gasteiger partial charge in [-0.25, -0.2) is 9.67 Å². The van der Waals surface area contributed by atoms with Crippen molar-refractivity contribution in [2.24, 2.45) is 0 Å². The quantitative estimate of drug-likeness (QED) is 0.195. The minimum Gasteiger partial charge on any atom is -0.350 e. The van der Waals surface area contributed by atoms with Crippen LogP contribution >= 0.6 is 34.2 Å². The molecule has 0 saturated carbocycles. The highest BCUT2D eigenvalue weighted by atomic mass is 127. The Kier molecular flexibility index (Phi) is 8.81. The fourth-order valence-electron chi connectivity index (χ4n) is 3.68. The highest BCUT2D eigenvalue weighted by molar-refractivity contribution is 14.1. The van der Waals surface area contributed by atoms with Gasteiger partial charge in [-0.2, -0.15) is 31.8 Å². The van der Waals surface area contributed by atoms with Gasteiger partial charge in [0.05, 0.1) is 22.0 Å². The summed E-state index contributed by atoms with van der Waals surface area (Å²) in [6, 6.07) is 7.41. The third-order valence-electron chi connectivity index (χ3n) is 5.53. The molecule has 0 unspecified atom stereocenters. The second-order valence-corrected chi connectivity index (χ2v) is 10.8. The van der Waals surface area contributed by atoms with Crippen molar-refractivity contribution in [3.8, 4) is 5.82 Å². The number of halogens is 7. The van der Waals surface area contributed by atoms with Crippen LogP contribution in [0.2, 0.25) is 5.02 Å². The van der Waals surface area contributed by atoms with Crippen LogP contribution in [-0.4, -0.2) is 59.0 Å². The molecule has 0 fully saturated rings. The number of nitrogens with one attached hydrogen (secondary N) is 2. The van der Waals surface area contributed by atoms with Gasteiger partial charge in [0.2, 0.25) is 0 Å². The predicted octanol–water partition coefficient (Wildman–Crippen LogP) is 4.91. The molecule has 11 nitrogen and oxygen atoms in total. The lowest BCUT2D eigenvalue weighted by atomic mass is 10.1. The van der Waals surface area contributed by atoms with E-state index in [0.717, 1.165) is 8.25 Å². The van der Waals surface area contributed by atoms with Crippen molar-refractivity contribution in [3.63, 3.8) is 0 Å². The van der Waals surface area contributed by atoms with Gasteiger partial charge in [-0.15, -0.1) is 10.2 Å². The van der Waals surface area contributed by atoms with Gasteiger partial charge in [-0.1, -0.05) is 11.6 Å². The van der Waals surface area contributed by atoms with Crippen molar-refractivity contribution < 1.29 is 31.5 Å². The van der Waals surface area contributed by atoms with Crippen LogP contribution in [0.1, 0.15) is 51.8 Å². The van der Waals surface area contributed by atoms with Crippen LogP contribution in [0.3, 0.4) is 0 Å². The third-order valence-corrected chi connectivity index (χ3v) is 6.45. The van der Waals surface area contributed by atoms with E-state index < -0.39 is 36.3 Å². The van der Waals surface area contributed by atoms with Crippen LogP contribution in [0, 0.1) is 10.5 Å². The zero-order chi connectivity index (χ0) is 31.0. The van der Waals surface area contributed by atoms with E-state index in [4.69, 9.17) is 11.6 Å². The molecule has 0 saturated heterocycles. The average Bonchev–Trinajstić information content (AvgIpc) is 3.52. The lowest BCUT2D eigenvalue weighted by Gasteiger charge is -2.16. The molecular weight excluding hydrogens is 704 g/mol. The maximum atomic E-state index is 13.7. The Morgan fingerprint density at radius 1 is 1.10 bits per heavy atom. The van der Waals surface area contributed by atoms with Gasteiger partial charge < -0.3 is 10.6 Å². The maximum absolute atomic E-state index is 13.7. The number of hydrogen-bond acceptors (Lipinski definition) is 7. The molecule has 2 N–H and O–H groups in total. The summed E-state index contributed by atoms with van der Waals surface area (Å²) in [6.45, 7) is 4.73. The van der Waals surface area contributed by atoms with Crippen LogP contribution in [0.4, 0.5) is 27.6 Å². The zero-order valence-corrected chi connectivity index (χ0v) is 24.8. The van der Waals surface area contributed by atoms with Crippen molar-refractivity contribution in [2.75, 3.05) is 5.32 Å². The van der Waals surface area contributed by atoms with Gasteiger partial charge in [-0.3, -0.25) is 9.59 Å². The number of aromatic nitrogens is 7. The van der Waals surface area contributed by atoms with E-state index in [1.54, 1.807) is 32.9 Å². The summed E-state index contributed by atoms with van der Waals surface area (Å²) in [5, 5.41) is 19.1. The van der Waals surface area contributed by atoms with Crippen LogP contribution in [-0.2, 0) is 12.5 Å². The van der Waals surface area contributed by atoms with Gasteiger partial charge in [0.15, 0.2) is 5.82 Å². The van der Waals surface area contributed by atoms with Crippen molar-refractivity contribution in [1.29, 1.82) is 0 Å². The summed E-state index contributed by atoms with van der Waals surface area (Å²) in [7, 11) is 0. The molecule has 42 heavy (non-hydrogen) atoms. The second kappa shape index (κ2) is 11.9. The molecule has 0 aliphatic rings. The number of aryl methyl sites for hydroxylation is 1. The number of carbonyl (C=O) groups is 2. The number of hydrogen-bond donors (Lipinski definition) is 2. The molecule has 0 bridgehead atoms. The van der Waals surface area contributed by atoms with E-state index >= 15 is 0 Å². The van der Waals surface area contributed by atoms with Crippen molar-refractivity contribution in [3.05, 3.63) is 73.5 Å². The molecule has 222 valence electrons. The van der Waals surface area contributed by atoms with Gasteiger partial charge in [0, 0.05) is 15.8 Å². The van der Waals surface area contributed by atoms with Gasteiger partial charge >= 0.3 is 12.1 Å². The number of anilines is 1. The summed E-state index contributed by atoms with van der Waals surface area (Å²) in [6.07, 6.45) is -4.55. The summed E-state index contributed by atoms with van der Waals surface area (Å²) >= 11 is 8.32. The number of carbonyl (C=O) groups excluding carboxylic acids is 2. The summed E-state index contributed by atoms with van der Waals surface area (Å²) in [5.41, 5.74) is 0.819. The minimum atomic E-state index is -5.93. The largest absolute Gasteiger partial charge is 0.461 e. The molecule has 0 aliphatic heterocycles. The fourth-order valence-corrected chi connectivity index (χ4v) is 4.66. The highest BCUT2D eigenvalue weighted by Crippen LogP contribution is 2.41. The second-order valence-electron chi connectivity index (χ2n) is 9.18. The first-order chi connectivity index (χ1) is 19.6. The third kappa shape index (κ3) is 6.50. The molecule has 1 aromatic carbocycles. The first kappa shape index (κ1) is 31.2. The first-order valence-electron chi connectivity index (χ1n) is 11.9. The van der Waals surface area contributed by atoms with Gasteiger partial charge in [-0.05, 0) is 84.5 Å². The Morgan fingerprint density at radius 2 is 1.81 bits per heavy atom. The SMILES string of the molecule is Cc1cc(I)cc(C(=O)NC(C)C)c1NC(=O)c1cc(Cn2nnc(C(F)(F)C(F)(F)F)n2)nn1-c1ncccc1Cl. The maximum Gasteiger partial charge on any atom is 0.461 e. The molecule has 18 heteroatoms. The number of amides is 2. The van der Waals surface area contributed by atoms with Gasteiger partial charge in [0.1, 0.15) is 12.2 Å². The molecule has 3 aromatic heterocycles.